The lowest BCUT2D eigenvalue weighted by Crippen LogP contribution is -2.18. The van der Waals surface area contributed by atoms with Gasteiger partial charge in [0.05, 0.1) is 36.1 Å². The molecule has 0 aliphatic rings. The van der Waals surface area contributed by atoms with Crippen LogP contribution in [0.4, 0.5) is 5.69 Å². The summed E-state index contributed by atoms with van der Waals surface area (Å²) in [5.41, 5.74) is 0.532. The third-order valence-electron chi connectivity index (χ3n) is 3.60. The molecule has 0 bridgehead atoms. The molecule has 7 heteroatoms. The van der Waals surface area contributed by atoms with E-state index in [0.29, 0.717) is 23.6 Å². The summed E-state index contributed by atoms with van der Waals surface area (Å²) in [4.78, 5) is 12.7. The highest BCUT2D eigenvalue weighted by Gasteiger charge is 2.22. The van der Waals surface area contributed by atoms with Gasteiger partial charge in [-0.25, -0.2) is 8.42 Å². The SMILES string of the molecule is CCCS(=O)(=O)c1ccccc1C(=O)Nc1ccc(OC)cc1OC. The van der Waals surface area contributed by atoms with E-state index in [1.807, 2.05) is 0 Å². The van der Waals surface area contributed by atoms with Crippen molar-refractivity contribution in [3.05, 3.63) is 48.0 Å². The van der Waals surface area contributed by atoms with Gasteiger partial charge in [-0.3, -0.25) is 4.79 Å². The average molecular weight is 363 g/mol. The molecule has 1 N–H and O–H groups in total. The van der Waals surface area contributed by atoms with E-state index >= 15 is 0 Å². The topological polar surface area (TPSA) is 81.7 Å². The molecule has 0 saturated carbocycles. The van der Waals surface area contributed by atoms with Gasteiger partial charge in [0.25, 0.3) is 5.91 Å². The summed E-state index contributed by atoms with van der Waals surface area (Å²) < 4.78 is 35.2. The number of nitrogens with one attached hydrogen (secondary N) is 1. The van der Waals surface area contributed by atoms with Gasteiger partial charge in [0, 0.05) is 6.07 Å². The number of anilines is 1. The van der Waals surface area contributed by atoms with E-state index in [4.69, 9.17) is 9.47 Å². The van der Waals surface area contributed by atoms with Crippen molar-refractivity contribution in [3.8, 4) is 11.5 Å². The molecule has 0 radical (unpaired) electrons. The van der Waals surface area contributed by atoms with Crippen LogP contribution in [0.15, 0.2) is 47.4 Å². The molecule has 2 aromatic carbocycles. The Morgan fingerprint density at radius 1 is 1.08 bits per heavy atom. The van der Waals surface area contributed by atoms with Crippen molar-refractivity contribution in [1.82, 2.24) is 0 Å². The van der Waals surface area contributed by atoms with E-state index in [1.165, 1.54) is 26.4 Å². The number of hydrogen-bond acceptors (Lipinski definition) is 5. The number of ether oxygens (including phenoxy) is 2. The zero-order valence-electron chi connectivity index (χ0n) is 14.4. The van der Waals surface area contributed by atoms with Crippen molar-refractivity contribution < 1.29 is 22.7 Å². The zero-order valence-corrected chi connectivity index (χ0v) is 15.2. The summed E-state index contributed by atoms with van der Waals surface area (Å²) in [6.07, 6.45) is 0.477. The summed E-state index contributed by atoms with van der Waals surface area (Å²) in [6, 6.07) is 11.1. The molecule has 6 nitrogen and oxygen atoms in total. The number of carbonyl (C=O) groups excluding carboxylic acids is 1. The predicted octanol–water partition coefficient (Wildman–Crippen LogP) is 3.14. The lowest BCUT2D eigenvalue weighted by molar-refractivity contribution is 0.102. The largest absolute Gasteiger partial charge is 0.497 e. The van der Waals surface area contributed by atoms with Crippen LogP contribution in [0.25, 0.3) is 0 Å². The van der Waals surface area contributed by atoms with E-state index in [1.54, 1.807) is 37.3 Å². The fraction of sp³-hybridized carbons (Fsp3) is 0.278. The van der Waals surface area contributed by atoms with Gasteiger partial charge in [-0.05, 0) is 30.7 Å². The first-order valence-corrected chi connectivity index (χ1v) is 9.43. The van der Waals surface area contributed by atoms with Crippen molar-refractivity contribution >= 4 is 21.4 Å². The van der Waals surface area contributed by atoms with Gasteiger partial charge in [-0.2, -0.15) is 0 Å². The molecule has 0 aliphatic heterocycles. The Kier molecular flexibility index (Phi) is 6.03. The Morgan fingerprint density at radius 2 is 1.80 bits per heavy atom. The van der Waals surface area contributed by atoms with Crippen LogP contribution >= 0.6 is 0 Å². The first kappa shape index (κ1) is 18.8. The maximum atomic E-state index is 12.6. The molecule has 0 saturated heterocycles. The molecule has 25 heavy (non-hydrogen) atoms. The van der Waals surface area contributed by atoms with Crippen LogP contribution in [0.1, 0.15) is 23.7 Å². The number of carbonyl (C=O) groups is 1. The van der Waals surface area contributed by atoms with Gasteiger partial charge in [-0.1, -0.05) is 19.1 Å². The molecular weight excluding hydrogens is 342 g/mol. The standard InChI is InChI=1S/C18H21NO5S/c1-4-11-25(21,22)17-8-6-5-7-14(17)18(20)19-15-10-9-13(23-2)12-16(15)24-3/h5-10,12H,4,11H2,1-3H3,(H,19,20). The highest BCUT2D eigenvalue weighted by atomic mass is 32.2. The number of rotatable bonds is 7. The van der Waals surface area contributed by atoms with Crippen molar-refractivity contribution in [2.75, 3.05) is 25.3 Å². The summed E-state index contributed by atoms with van der Waals surface area (Å²) in [5, 5.41) is 2.70. The van der Waals surface area contributed by atoms with Crippen LogP contribution < -0.4 is 14.8 Å². The number of benzene rings is 2. The molecule has 0 heterocycles. The van der Waals surface area contributed by atoms with Gasteiger partial charge in [0.15, 0.2) is 9.84 Å². The van der Waals surface area contributed by atoms with Crippen molar-refractivity contribution in [2.24, 2.45) is 0 Å². The average Bonchev–Trinajstić information content (AvgIpc) is 2.62. The predicted molar refractivity (Wildman–Crippen MR) is 96.3 cm³/mol. The molecule has 0 atom stereocenters. The monoisotopic (exact) mass is 363 g/mol. The summed E-state index contributed by atoms with van der Waals surface area (Å²) in [5.74, 6) is 0.476. The van der Waals surface area contributed by atoms with E-state index in [9.17, 15) is 13.2 Å². The maximum Gasteiger partial charge on any atom is 0.257 e. The first-order valence-electron chi connectivity index (χ1n) is 7.78. The van der Waals surface area contributed by atoms with E-state index in [0.717, 1.165) is 0 Å². The van der Waals surface area contributed by atoms with Crippen LogP contribution in [0, 0.1) is 0 Å². The van der Waals surface area contributed by atoms with Gasteiger partial charge >= 0.3 is 0 Å². The lowest BCUT2D eigenvalue weighted by atomic mass is 10.2. The third kappa shape index (κ3) is 4.30. The number of methoxy groups -OCH3 is 2. The first-order chi connectivity index (χ1) is 11.9. The molecule has 2 aromatic rings. The molecule has 0 spiro atoms. The normalized spacial score (nSPS) is 11.0. The van der Waals surface area contributed by atoms with Crippen molar-refractivity contribution in [2.45, 2.75) is 18.2 Å². The minimum absolute atomic E-state index is 0.0108. The molecule has 0 aromatic heterocycles. The third-order valence-corrected chi connectivity index (χ3v) is 5.57. The fourth-order valence-corrected chi connectivity index (χ4v) is 3.93. The summed E-state index contributed by atoms with van der Waals surface area (Å²) in [7, 11) is -0.511. The van der Waals surface area contributed by atoms with E-state index < -0.39 is 15.7 Å². The minimum atomic E-state index is -3.52. The van der Waals surface area contributed by atoms with Crippen LogP contribution in [-0.2, 0) is 9.84 Å². The fourth-order valence-electron chi connectivity index (χ4n) is 2.40. The van der Waals surface area contributed by atoms with Crippen molar-refractivity contribution in [1.29, 1.82) is 0 Å². The van der Waals surface area contributed by atoms with Crippen molar-refractivity contribution in [3.63, 3.8) is 0 Å². The second kappa shape index (κ2) is 8.02. The Morgan fingerprint density at radius 3 is 2.44 bits per heavy atom. The van der Waals surface area contributed by atoms with Gasteiger partial charge in [0.1, 0.15) is 11.5 Å². The number of hydrogen-bond donors (Lipinski definition) is 1. The Hall–Kier alpha value is -2.54. The van der Waals surface area contributed by atoms with Crippen LogP contribution in [0.2, 0.25) is 0 Å². The Bertz CT molecular complexity index is 862. The maximum absolute atomic E-state index is 12.6. The van der Waals surface area contributed by atoms with Crippen LogP contribution in [-0.4, -0.2) is 34.3 Å². The summed E-state index contributed by atoms with van der Waals surface area (Å²) >= 11 is 0. The van der Waals surface area contributed by atoms with Gasteiger partial charge in [0.2, 0.25) is 0 Å². The molecule has 2 rings (SSSR count). The Balaban J connectivity index is 2.37. The van der Waals surface area contributed by atoms with E-state index in [2.05, 4.69) is 5.32 Å². The zero-order chi connectivity index (χ0) is 18.4. The summed E-state index contributed by atoms with van der Waals surface area (Å²) in [6.45, 7) is 1.78. The second-order valence-electron chi connectivity index (χ2n) is 5.34. The number of amides is 1. The lowest BCUT2D eigenvalue weighted by Gasteiger charge is -2.13. The molecule has 1 amide bonds. The molecule has 134 valence electrons. The van der Waals surface area contributed by atoms with Crippen LogP contribution in [0.5, 0.6) is 11.5 Å². The Labute approximate surface area is 147 Å². The highest BCUT2D eigenvalue weighted by Crippen LogP contribution is 2.30. The quantitative estimate of drug-likeness (QED) is 0.817. The molecule has 0 fully saturated rings. The van der Waals surface area contributed by atoms with E-state index in [-0.39, 0.29) is 16.2 Å². The molecule has 0 unspecified atom stereocenters. The molecular formula is C18H21NO5S. The smallest absolute Gasteiger partial charge is 0.257 e. The van der Waals surface area contributed by atoms with Crippen LogP contribution in [0.3, 0.4) is 0 Å². The minimum Gasteiger partial charge on any atom is -0.497 e. The number of sulfone groups is 1. The van der Waals surface area contributed by atoms with Gasteiger partial charge < -0.3 is 14.8 Å². The second-order valence-corrected chi connectivity index (χ2v) is 7.41. The van der Waals surface area contributed by atoms with Gasteiger partial charge in [-0.15, -0.1) is 0 Å². The molecule has 0 aliphatic carbocycles. The highest BCUT2D eigenvalue weighted by molar-refractivity contribution is 7.91.